The van der Waals surface area contributed by atoms with Crippen LogP contribution in [0.1, 0.15) is 12.6 Å². The van der Waals surface area contributed by atoms with Crippen LogP contribution in [0.4, 0.5) is 0 Å². The Labute approximate surface area is 102 Å². The van der Waals surface area contributed by atoms with Gasteiger partial charge in [0.25, 0.3) is 0 Å². The largest absolute Gasteiger partial charge is 0.396 e. The molecule has 1 unspecified atom stereocenters. The fraction of sp³-hybridized carbons (Fsp3) is 0.500. The zero-order valence-electron chi connectivity index (χ0n) is 9.09. The van der Waals surface area contributed by atoms with Gasteiger partial charge in [0.05, 0.1) is 5.69 Å². The van der Waals surface area contributed by atoms with Gasteiger partial charge in [-0.25, -0.2) is 4.98 Å². The SMILES string of the molecule is CC(CO)CSc1nc2sccn2c1CN. The number of aromatic nitrogens is 2. The number of hydrogen-bond acceptors (Lipinski definition) is 5. The van der Waals surface area contributed by atoms with Crippen molar-refractivity contribution in [3.8, 4) is 0 Å². The highest BCUT2D eigenvalue weighted by Crippen LogP contribution is 2.26. The zero-order valence-corrected chi connectivity index (χ0v) is 10.7. The zero-order chi connectivity index (χ0) is 11.5. The fourth-order valence-electron chi connectivity index (χ4n) is 1.39. The maximum Gasteiger partial charge on any atom is 0.194 e. The summed E-state index contributed by atoms with van der Waals surface area (Å²) in [6.45, 7) is 2.73. The van der Waals surface area contributed by atoms with Crippen LogP contribution in [-0.2, 0) is 6.54 Å². The van der Waals surface area contributed by atoms with Crippen LogP contribution >= 0.6 is 23.1 Å². The van der Waals surface area contributed by atoms with Crippen LogP contribution in [0.25, 0.3) is 4.96 Å². The Hall–Kier alpha value is -0.560. The van der Waals surface area contributed by atoms with Crippen LogP contribution in [0.15, 0.2) is 16.6 Å². The fourth-order valence-corrected chi connectivity index (χ4v) is 3.23. The molecule has 6 heteroatoms. The van der Waals surface area contributed by atoms with Gasteiger partial charge in [-0.1, -0.05) is 6.92 Å². The van der Waals surface area contributed by atoms with E-state index in [1.807, 2.05) is 22.9 Å². The van der Waals surface area contributed by atoms with Crippen molar-refractivity contribution in [2.24, 2.45) is 11.7 Å². The number of nitrogens with zero attached hydrogens (tertiary/aromatic N) is 2. The molecule has 2 aromatic rings. The molecule has 88 valence electrons. The summed E-state index contributed by atoms with van der Waals surface area (Å²) < 4.78 is 2.04. The van der Waals surface area contributed by atoms with E-state index >= 15 is 0 Å². The first-order valence-electron chi connectivity index (χ1n) is 5.14. The lowest BCUT2D eigenvalue weighted by atomic mass is 10.2. The monoisotopic (exact) mass is 257 g/mol. The van der Waals surface area contributed by atoms with E-state index in [9.17, 15) is 0 Å². The van der Waals surface area contributed by atoms with Crippen molar-refractivity contribution in [3.05, 3.63) is 17.3 Å². The minimum absolute atomic E-state index is 0.215. The first-order valence-corrected chi connectivity index (χ1v) is 7.01. The molecule has 0 aromatic carbocycles. The lowest BCUT2D eigenvalue weighted by molar-refractivity contribution is 0.250. The predicted octanol–water partition coefficient (Wildman–Crippen LogP) is 1.57. The van der Waals surface area contributed by atoms with Gasteiger partial charge in [-0.3, -0.25) is 4.40 Å². The van der Waals surface area contributed by atoms with Gasteiger partial charge in [0.15, 0.2) is 4.96 Å². The van der Waals surface area contributed by atoms with Gasteiger partial charge in [0.1, 0.15) is 5.03 Å². The Morgan fingerprint density at radius 3 is 3.19 bits per heavy atom. The maximum absolute atomic E-state index is 8.98. The van der Waals surface area contributed by atoms with Gasteiger partial charge in [-0.15, -0.1) is 23.1 Å². The summed E-state index contributed by atoms with van der Waals surface area (Å²) in [6.07, 6.45) is 1.99. The summed E-state index contributed by atoms with van der Waals surface area (Å²) in [7, 11) is 0. The Morgan fingerprint density at radius 2 is 2.50 bits per heavy atom. The van der Waals surface area contributed by atoms with Gasteiger partial charge < -0.3 is 10.8 Å². The number of aliphatic hydroxyl groups is 1. The van der Waals surface area contributed by atoms with Crippen LogP contribution in [-0.4, -0.2) is 26.9 Å². The normalized spacial score (nSPS) is 13.4. The second-order valence-electron chi connectivity index (χ2n) is 3.72. The molecule has 2 aromatic heterocycles. The van der Waals surface area contributed by atoms with Crippen molar-refractivity contribution < 1.29 is 5.11 Å². The number of imidazole rings is 1. The Kier molecular flexibility index (Phi) is 3.86. The highest BCUT2D eigenvalue weighted by molar-refractivity contribution is 7.99. The Morgan fingerprint density at radius 1 is 1.69 bits per heavy atom. The van der Waals surface area contributed by atoms with Crippen LogP contribution < -0.4 is 5.73 Å². The second-order valence-corrected chi connectivity index (χ2v) is 5.60. The van der Waals surface area contributed by atoms with E-state index in [4.69, 9.17) is 10.8 Å². The molecular formula is C10H15N3OS2. The number of thioether (sulfide) groups is 1. The third kappa shape index (κ3) is 2.24. The first kappa shape index (κ1) is 11.9. The molecule has 4 nitrogen and oxygen atoms in total. The molecule has 0 saturated carbocycles. The lowest BCUT2D eigenvalue weighted by Gasteiger charge is -2.06. The third-order valence-corrected chi connectivity index (χ3v) is 4.43. The summed E-state index contributed by atoms with van der Waals surface area (Å²) in [5, 5.41) is 12.0. The third-order valence-electron chi connectivity index (χ3n) is 2.33. The average molecular weight is 257 g/mol. The predicted molar refractivity (Wildman–Crippen MR) is 67.9 cm³/mol. The Bertz CT molecular complexity index is 466. The number of hydrogen-bond donors (Lipinski definition) is 2. The number of fused-ring (bicyclic) bond motifs is 1. The molecule has 2 rings (SSSR count). The summed E-state index contributed by atoms with van der Waals surface area (Å²) in [6, 6.07) is 0. The molecule has 0 saturated heterocycles. The molecule has 2 heterocycles. The van der Waals surface area contributed by atoms with Gasteiger partial charge in [-0.05, 0) is 5.92 Å². The van der Waals surface area contributed by atoms with Crippen molar-refractivity contribution in [3.63, 3.8) is 0 Å². The number of thiazole rings is 1. The highest BCUT2D eigenvalue weighted by atomic mass is 32.2. The van der Waals surface area contributed by atoms with Crippen LogP contribution in [0, 0.1) is 5.92 Å². The molecule has 1 atom stereocenters. The van der Waals surface area contributed by atoms with E-state index in [2.05, 4.69) is 4.98 Å². The minimum atomic E-state index is 0.215. The van der Waals surface area contributed by atoms with Crippen LogP contribution in [0.3, 0.4) is 0 Å². The average Bonchev–Trinajstić information content (AvgIpc) is 2.84. The summed E-state index contributed by atoms with van der Waals surface area (Å²) >= 11 is 3.28. The summed E-state index contributed by atoms with van der Waals surface area (Å²) in [5.74, 6) is 1.16. The molecule has 0 radical (unpaired) electrons. The van der Waals surface area contributed by atoms with Crippen LogP contribution in [0.5, 0.6) is 0 Å². The first-order chi connectivity index (χ1) is 7.76. The topological polar surface area (TPSA) is 63.5 Å². The van der Waals surface area contributed by atoms with Crippen molar-refractivity contribution >= 4 is 28.1 Å². The molecule has 0 aliphatic carbocycles. The molecule has 0 aliphatic rings. The van der Waals surface area contributed by atoms with Crippen LogP contribution in [0.2, 0.25) is 0 Å². The highest BCUT2D eigenvalue weighted by Gasteiger charge is 2.13. The van der Waals surface area contributed by atoms with E-state index in [0.29, 0.717) is 6.54 Å². The van der Waals surface area contributed by atoms with Crippen molar-refractivity contribution in [1.82, 2.24) is 9.38 Å². The van der Waals surface area contributed by atoms with E-state index < -0.39 is 0 Å². The lowest BCUT2D eigenvalue weighted by Crippen LogP contribution is -2.05. The van der Waals surface area contributed by atoms with Gasteiger partial charge in [-0.2, -0.15) is 0 Å². The minimum Gasteiger partial charge on any atom is -0.396 e. The standard InChI is InChI=1S/C10H15N3OS2/c1-7(5-14)6-16-9-8(4-11)13-2-3-15-10(13)12-9/h2-3,7,14H,4-6,11H2,1H3. The number of aliphatic hydroxyl groups excluding tert-OH is 1. The molecule has 0 bridgehead atoms. The number of nitrogens with two attached hydrogens (primary N) is 1. The maximum atomic E-state index is 8.98. The molecule has 0 fully saturated rings. The van der Waals surface area contributed by atoms with Gasteiger partial charge >= 0.3 is 0 Å². The molecular weight excluding hydrogens is 242 g/mol. The van der Waals surface area contributed by atoms with Gasteiger partial charge in [0, 0.05) is 30.5 Å². The molecule has 3 N–H and O–H groups in total. The van der Waals surface area contributed by atoms with Crippen molar-refractivity contribution in [2.45, 2.75) is 18.5 Å². The van der Waals surface area contributed by atoms with Crippen molar-refractivity contribution in [1.29, 1.82) is 0 Å². The van der Waals surface area contributed by atoms with E-state index in [0.717, 1.165) is 21.4 Å². The molecule has 16 heavy (non-hydrogen) atoms. The van der Waals surface area contributed by atoms with E-state index in [1.165, 1.54) is 0 Å². The van der Waals surface area contributed by atoms with Crippen molar-refractivity contribution in [2.75, 3.05) is 12.4 Å². The number of rotatable bonds is 5. The van der Waals surface area contributed by atoms with E-state index in [-0.39, 0.29) is 12.5 Å². The molecule has 0 amide bonds. The molecule has 0 aliphatic heterocycles. The summed E-state index contributed by atoms with van der Waals surface area (Å²) in [4.78, 5) is 5.52. The van der Waals surface area contributed by atoms with Gasteiger partial charge in [0.2, 0.25) is 0 Å². The Balaban J connectivity index is 2.19. The molecule has 0 spiro atoms. The smallest absolute Gasteiger partial charge is 0.194 e. The second kappa shape index (κ2) is 5.18. The summed E-state index contributed by atoms with van der Waals surface area (Å²) in [5.41, 5.74) is 6.80. The quantitative estimate of drug-likeness (QED) is 0.798. The van der Waals surface area contributed by atoms with E-state index in [1.54, 1.807) is 23.1 Å².